The molecule has 1 amide bonds. The highest BCUT2D eigenvalue weighted by Crippen LogP contribution is 2.28. The minimum Gasteiger partial charge on any atom is -0.353 e. The summed E-state index contributed by atoms with van der Waals surface area (Å²) in [5.41, 5.74) is 0.388. The van der Waals surface area contributed by atoms with E-state index in [0.29, 0.717) is 22.5 Å². The fourth-order valence-corrected chi connectivity index (χ4v) is 5.77. The lowest BCUT2D eigenvalue weighted by Crippen LogP contribution is -2.48. The molecule has 1 aromatic carbocycles. The normalized spacial score (nSPS) is 16.9. The van der Waals surface area contributed by atoms with Gasteiger partial charge in [0.15, 0.2) is 0 Å². The minimum absolute atomic E-state index is 0.306. The quantitative estimate of drug-likeness (QED) is 0.654. The number of hydrogen-bond acceptors (Lipinski definition) is 4. The van der Waals surface area contributed by atoms with E-state index in [1.165, 1.54) is 32.1 Å². The Morgan fingerprint density at radius 3 is 2.65 bits per heavy atom. The molecule has 0 saturated heterocycles. The monoisotopic (exact) mass is 418 g/mol. The molecule has 1 aliphatic carbocycles. The highest BCUT2D eigenvalue weighted by Gasteiger charge is 2.29. The highest BCUT2D eigenvalue weighted by molar-refractivity contribution is 7.99. The zero-order valence-corrected chi connectivity index (χ0v) is 17.7. The second kappa shape index (κ2) is 9.85. The molecule has 1 aromatic rings. The number of carbonyl (C=O) groups is 1. The number of benzene rings is 1. The van der Waals surface area contributed by atoms with Crippen LogP contribution in [0.5, 0.6) is 0 Å². The molecule has 2 rings (SSSR count). The number of anilines is 1. The van der Waals surface area contributed by atoms with Gasteiger partial charge >= 0.3 is 0 Å². The summed E-state index contributed by atoms with van der Waals surface area (Å²) in [6.07, 6.45) is 7.53. The van der Waals surface area contributed by atoms with Crippen LogP contribution in [0.1, 0.15) is 39.0 Å². The number of nitrogens with one attached hydrogen (secondary N) is 1. The standard InChI is InChI=1S/C18H27ClN2O3S2/c1-14(18(22)20-11-12-25-17-9-4-3-5-10-17)21(26(2,23)24)16-8-6-7-15(19)13-16/h6-8,13-14,17H,3-5,9-12H2,1-2H3,(H,20,22). The SMILES string of the molecule is CC(C(=O)NCCSC1CCCCC1)N(c1cccc(Cl)c1)S(C)(=O)=O. The number of nitrogens with zero attached hydrogens (tertiary/aromatic N) is 1. The van der Waals surface area contributed by atoms with Gasteiger partial charge in [0.2, 0.25) is 15.9 Å². The van der Waals surface area contributed by atoms with Gasteiger partial charge in [-0.1, -0.05) is 36.9 Å². The number of sulfonamides is 1. The summed E-state index contributed by atoms with van der Waals surface area (Å²) in [4.78, 5) is 12.5. The maximum atomic E-state index is 12.5. The van der Waals surface area contributed by atoms with Gasteiger partial charge < -0.3 is 5.32 Å². The van der Waals surface area contributed by atoms with E-state index < -0.39 is 16.1 Å². The molecule has 5 nitrogen and oxygen atoms in total. The zero-order chi connectivity index (χ0) is 19.2. The van der Waals surface area contributed by atoms with E-state index in [9.17, 15) is 13.2 Å². The van der Waals surface area contributed by atoms with Gasteiger partial charge in [0.25, 0.3) is 0 Å². The van der Waals surface area contributed by atoms with Gasteiger partial charge in [0, 0.05) is 22.6 Å². The highest BCUT2D eigenvalue weighted by atomic mass is 35.5. The van der Waals surface area contributed by atoms with Crippen LogP contribution in [0, 0.1) is 0 Å². The van der Waals surface area contributed by atoms with Crippen LogP contribution >= 0.6 is 23.4 Å². The van der Waals surface area contributed by atoms with Crippen molar-refractivity contribution in [3.63, 3.8) is 0 Å². The van der Waals surface area contributed by atoms with E-state index in [2.05, 4.69) is 5.32 Å². The van der Waals surface area contributed by atoms with Crippen LogP contribution in [-0.2, 0) is 14.8 Å². The minimum atomic E-state index is -3.62. The predicted molar refractivity (Wildman–Crippen MR) is 111 cm³/mol. The number of halogens is 1. The molecule has 0 heterocycles. The van der Waals surface area contributed by atoms with Crippen molar-refractivity contribution in [3.8, 4) is 0 Å². The van der Waals surface area contributed by atoms with Crippen LogP contribution in [0.15, 0.2) is 24.3 Å². The first-order valence-electron chi connectivity index (χ1n) is 8.93. The molecule has 0 aromatic heterocycles. The molecular formula is C18H27ClN2O3S2. The maximum Gasteiger partial charge on any atom is 0.243 e. The van der Waals surface area contributed by atoms with Crippen LogP contribution in [-0.4, -0.2) is 44.2 Å². The van der Waals surface area contributed by atoms with Gasteiger partial charge in [-0.3, -0.25) is 9.10 Å². The third kappa shape index (κ3) is 6.35. The molecule has 1 saturated carbocycles. The Labute approximate surface area is 165 Å². The molecule has 0 bridgehead atoms. The largest absolute Gasteiger partial charge is 0.353 e. The van der Waals surface area contributed by atoms with Crippen molar-refractivity contribution in [2.75, 3.05) is 22.9 Å². The molecule has 1 N–H and O–H groups in total. The molecule has 26 heavy (non-hydrogen) atoms. The summed E-state index contributed by atoms with van der Waals surface area (Å²) >= 11 is 7.87. The molecule has 1 aliphatic rings. The first-order chi connectivity index (χ1) is 12.3. The van der Waals surface area contributed by atoms with Crippen LogP contribution in [0.3, 0.4) is 0 Å². The van der Waals surface area contributed by atoms with E-state index in [0.717, 1.165) is 16.3 Å². The number of amides is 1. The van der Waals surface area contributed by atoms with Crippen LogP contribution in [0.2, 0.25) is 5.02 Å². The molecule has 0 aliphatic heterocycles. The summed E-state index contributed by atoms with van der Waals surface area (Å²) in [6, 6.07) is 5.67. The van der Waals surface area contributed by atoms with Crippen molar-refractivity contribution in [1.29, 1.82) is 0 Å². The van der Waals surface area contributed by atoms with Crippen molar-refractivity contribution in [1.82, 2.24) is 5.32 Å². The van der Waals surface area contributed by atoms with E-state index in [4.69, 9.17) is 11.6 Å². The fraction of sp³-hybridized carbons (Fsp3) is 0.611. The van der Waals surface area contributed by atoms with E-state index in [1.807, 2.05) is 11.8 Å². The average molecular weight is 419 g/mol. The smallest absolute Gasteiger partial charge is 0.243 e. The topological polar surface area (TPSA) is 66.5 Å². The maximum absolute atomic E-state index is 12.5. The Balaban J connectivity index is 1.92. The van der Waals surface area contributed by atoms with Crippen LogP contribution in [0.25, 0.3) is 0 Å². The lowest BCUT2D eigenvalue weighted by molar-refractivity contribution is -0.121. The Morgan fingerprint density at radius 2 is 2.04 bits per heavy atom. The van der Waals surface area contributed by atoms with Crippen LogP contribution in [0.4, 0.5) is 5.69 Å². The summed E-state index contributed by atoms with van der Waals surface area (Å²) in [7, 11) is -3.62. The number of rotatable bonds is 8. The molecular weight excluding hydrogens is 392 g/mol. The molecule has 1 unspecified atom stereocenters. The molecule has 0 spiro atoms. The summed E-state index contributed by atoms with van der Waals surface area (Å²) in [5, 5.41) is 3.98. The van der Waals surface area contributed by atoms with Crippen molar-refractivity contribution >= 4 is 45.0 Å². The van der Waals surface area contributed by atoms with Gasteiger partial charge in [-0.15, -0.1) is 0 Å². The predicted octanol–water partition coefficient (Wildman–Crippen LogP) is 3.68. The third-order valence-electron chi connectivity index (χ3n) is 4.46. The summed E-state index contributed by atoms with van der Waals surface area (Å²) in [5.74, 6) is 0.541. The lowest BCUT2D eigenvalue weighted by Gasteiger charge is -2.28. The summed E-state index contributed by atoms with van der Waals surface area (Å²) < 4.78 is 25.6. The van der Waals surface area contributed by atoms with Crippen molar-refractivity contribution in [2.45, 2.75) is 50.3 Å². The van der Waals surface area contributed by atoms with Crippen molar-refractivity contribution in [3.05, 3.63) is 29.3 Å². The first-order valence-corrected chi connectivity index (χ1v) is 12.2. The first kappa shape index (κ1) is 21.4. The number of carbonyl (C=O) groups excluding carboxylic acids is 1. The Kier molecular flexibility index (Phi) is 8.10. The van der Waals surface area contributed by atoms with Gasteiger partial charge in [0.1, 0.15) is 6.04 Å². The third-order valence-corrected chi connectivity index (χ3v) is 7.32. The Hall–Kier alpha value is -0.920. The second-order valence-corrected chi connectivity index (χ2v) is 10.3. The Bertz CT molecular complexity index is 706. The van der Waals surface area contributed by atoms with Gasteiger partial charge in [0.05, 0.1) is 11.9 Å². The van der Waals surface area contributed by atoms with Crippen LogP contribution < -0.4 is 9.62 Å². The zero-order valence-electron chi connectivity index (χ0n) is 15.3. The molecule has 8 heteroatoms. The van der Waals surface area contributed by atoms with E-state index in [1.54, 1.807) is 31.2 Å². The fourth-order valence-electron chi connectivity index (χ4n) is 3.20. The van der Waals surface area contributed by atoms with E-state index in [-0.39, 0.29) is 5.91 Å². The van der Waals surface area contributed by atoms with Crippen molar-refractivity contribution in [2.24, 2.45) is 0 Å². The lowest BCUT2D eigenvalue weighted by atomic mass is 10.0. The molecule has 1 fully saturated rings. The van der Waals surface area contributed by atoms with Gasteiger partial charge in [-0.2, -0.15) is 11.8 Å². The second-order valence-electron chi connectivity index (χ2n) is 6.64. The summed E-state index contributed by atoms with van der Waals surface area (Å²) in [6.45, 7) is 2.13. The molecule has 0 radical (unpaired) electrons. The van der Waals surface area contributed by atoms with Gasteiger partial charge in [-0.25, -0.2) is 8.42 Å². The van der Waals surface area contributed by atoms with Gasteiger partial charge in [-0.05, 0) is 38.0 Å². The van der Waals surface area contributed by atoms with Crippen molar-refractivity contribution < 1.29 is 13.2 Å². The molecule has 1 atom stereocenters. The average Bonchev–Trinajstić information content (AvgIpc) is 2.58. The number of thioether (sulfide) groups is 1. The Morgan fingerprint density at radius 1 is 1.35 bits per heavy atom. The number of hydrogen-bond donors (Lipinski definition) is 1. The molecule has 146 valence electrons. The van der Waals surface area contributed by atoms with E-state index >= 15 is 0 Å².